The van der Waals surface area contributed by atoms with Crippen molar-refractivity contribution >= 4 is 27.5 Å². The third-order valence-electron chi connectivity index (χ3n) is 3.66. The molecule has 0 fully saturated rings. The Bertz CT molecular complexity index is 918. The topological polar surface area (TPSA) is 84.5 Å². The van der Waals surface area contributed by atoms with Crippen LogP contribution in [-0.4, -0.2) is 33.8 Å². The van der Waals surface area contributed by atoms with Gasteiger partial charge in [0.2, 0.25) is 15.9 Å². The number of benzene rings is 2. The molecule has 6 nitrogen and oxygen atoms in total. The van der Waals surface area contributed by atoms with E-state index in [2.05, 4.69) is 14.8 Å². The second-order valence-corrected chi connectivity index (χ2v) is 8.10. The maximum absolute atomic E-state index is 12.1. The molecule has 0 aliphatic rings. The van der Waals surface area contributed by atoms with Crippen LogP contribution in [0.5, 0.6) is 5.75 Å². The highest BCUT2D eigenvalue weighted by Gasteiger charge is 2.31. The van der Waals surface area contributed by atoms with E-state index in [9.17, 15) is 26.4 Å². The van der Waals surface area contributed by atoms with Crippen molar-refractivity contribution in [2.24, 2.45) is 0 Å². The minimum Gasteiger partial charge on any atom is -0.406 e. The average Bonchev–Trinajstić information content (AvgIpc) is 2.62. The third kappa shape index (κ3) is 8.30. The van der Waals surface area contributed by atoms with Gasteiger partial charge in [-0.15, -0.1) is 13.2 Å². The molecule has 2 aromatic carbocycles. The highest BCUT2D eigenvalue weighted by Crippen LogP contribution is 2.23. The van der Waals surface area contributed by atoms with Crippen LogP contribution in [0.4, 0.5) is 13.2 Å². The summed E-state index contributed by atoms with van der Waals surface area (Å²) < 4.78 is 66.5. The Morgan fingerprint density at radius 2 is 1.62 bits per heavy atom. The minimum absolute atomic E-state index is 0.0882. The lowest BCUT2D eigenvalue weighted by molar-refractivity contribution is -0.274. The number of carbonyl (C=O) groups is 1. The Morgan fingerprint density at radius 3 is 2.21 bits per heavy atom. The van der Waals surface area contributed by atoms with Crippen molar-refractivity contribution in [3.05, 3.63) is 59.1 Å². The van der Waals surface area contributed by atoms with Crippen LogP contribution in [0, 0.1) is 0 Å². The van der Waals surface area contributed by atoms with E-state index in [1.165, 1.54) is 0 Å². The lowest BCUT2D eigenvalue weighted by Crippen LogP contribution is -2.31. The summed E-state index contributed by atoms with van der Waals surface area (Å²) in [6.45, 7) is 0.226. The average molecular weight is 451 g/mol. The van der Waals surface area contributed by atoms with Gasteiger partial charge in [0, 0.05) is 24.5 Å². The molecule has 0 unspecified atom stereocenters. The summed E-state index contributed by atoms with van der Waals surface area (Å²) in [7, 11) is -3.96. The van der Waals surface area contributed by atoms with Gasteiger partial charge in [0.1, 0.15) is 5.75 Å². The Morgan fingerprint density at radius 1 is 1.00 bits per heavy atom. The third-order valence-corrected chi connectivity index (χ3v) is 5.39. The first kappa shape index (κ1) is 23.0. The summed E-state index contributed by atoms with van der Waals surface area (Å²) in [5.74, 6) is -0.868. The predicted octanol–water partition coefficient (Wildman–Crippen LogP) is 3.27. The SMILES string of the molecule is O=C(CCNS(=O)(=O)c1ccc(OC(F)(F)F)cc1)NCCc1ccc(Cl)cc1. The van der Waals surface area contributed by atoms with Gasteiger partial charge >= 0.3 is 6.36 Å². The summed E-state index contributed by atoms with van der Waals surface area (Å²) in [6.07, 6.45) is -4.35. The summed E-state index contributed by atoms with van der Waals surface area (Å²) >= 11 is 5.79. The number of carbonyl (C=O) groups excluding carboxylic acids is 1. The van der Waals surface area contributed by atoms with Crippen molar-refractivity contribution in [1.29, 1.82) is 0 Å². The van der Waals surface area contributed by atoms with Gasteiger partial charge in [0.05, 0.1) is 4.90 Å². The standard InChI is InChI=1S/C18H18ClF3N2O4S/c19-14-3-1-13(2-4-14)9-11-23-17(25)10-12-24-29(26,27)16-7-5-15(6-8-16)28-18(20,21)22/h1-8,24H,9-12H2,(H,23,25). The number of nitrogens with one attached hydrogen (secondary N) is 2. The van der Waals surface area contributed by atoms with Crippen molar-refractivity contribution < 1.29 is 31.1 Å². The molecule has 0 aromatic heterocycles. The van der Waals surface area contributed by atoms with Crippen LogP contribution in [-0.2, 0) is 21.2 Å². The van der Waals surface area contributed by atoms with Crippen molar-refractivity contribution in [3.8, 4) is 5.75 Å². The maximum atomic E-state index is 12.1. The molecule has 29 heavy (non-hydrogen) atoms. The summed E-state index contributed by atoms with van der Waals surface area (Å²) in [5, 5.41) is 3.29. The number of halogens is 4. The van der Waals surface area contributed by atoms with Crippen LogP contribution in [0.25, 0.3) is 0 Å². The zero-order valence-corrected chi connectivity index (χ0v) is 16.6. The van der Waals surface area contributed by atoms with E-state index in [1.54, 1.807) is 12.1 Å². The molecule has 1 amide bonds. The molecule has 2 aromatic rings. The zero-order valence-electron chi connectivity index (χ0n) is 15.0. The molecule has 2 N–H and O–H groups in total. The van der Waals surface area contributed by atoms with Crippen molar-refractivity contribution in [1.82, 2.24) is 10.0 Å². The zero-order chi connectivity index (χ0) is 21.5. The Balaban J connectivity index is 1.75. The molecule has 0 aliphatic carbocycles. The molecule has 11 heteroatoms. The van der Waals surface area contributed by atoms with Crippen LogP contribution in [0.3, 0.4) is 0 Å². The fraction of sp³-hybridized carbons (Fsp3) is 0.278. The summed E-state index contributed by atoms with van der Waals surface area (Å²) in [4.78, 5) is 11.6. The molecule has 0 aliphatic heterocycles. The number of alkyl halides is 3. The van der Waals surface area contributed by atoms with Gasteiger partial charge in [-0.2, -0.15) is 0 Å². The number of rotatable bonds is 9. The van der Waals surface area contributed by atoms with Gasteiger partial charge < -0.3 is 10.1 Å². The maximum Gasteiger partial charge on any atom is 0.573 e. The van der Waals surface area contributed by atoms with E-state index < -0.39 is 22.1 Å². The number of hydrogen-bond donors (Lipinski definition) is 2. The smallest absolute Gasteiger partial charge is 0.406 e. The monoisotopic (exact) mass is 450 g/mol. The van der Waals surface area contributed by atoms with E-state index >= 15 is 0 Å². The molecule has 0 saturated carbocycles. The van der Waals surface area contributed by atoms with E-state index in [1.807, 2.05) is 12.1 Å². The van der Waals surface area contributed by atoms with Gasteiger partial charge in [-0.3, -0.25) is 4.79 Å². The van der Waals surface area contributed by atoms with Crippen LogP contribution in [0.1, 0.15) is 12.0 Å². The molecule has 0 spiro atoms. The molecular weight excluding hydrogens is 433 g/mol. The van der Waals surface area contributed by atoms with Crippen molar-refractivity contribution in [3.63, 3.8) is 0 Å². The number of hydrogen-bond acceptors (Lipinski definition) is 4. The van der Waals surface area contributed by atoms with E-state index in [0.717, 1.165) is 29.8 Å². The van der Waals surface area contributed by atoms with Gasteiger partial charge in [-0.25, -0.2) is 13.1 Å². The molecule has 158 valence electrons. The first-order valence-electron chi connectivity index (χ1n) is 8.42. The minimum atomic E-state index is -4.86. The van der Waals surface area contributed by atoms with E-state index in [0.29, 0.717) is 18.0 Å². The lowest BCUT2D eigenvalue weighted by atomic mass is 10.1. The Labute approximate surface area is 171 Å². The number of amides is 1. The largest absolute Gasteiger partial charge is 0.573 e. The molecule has 0 saturated heterocycles. The fourth-order valence-corrected chi connectivity index (χ4v) is 3.45. The van der Waals surface area contributed by atoms with E-state index in [4.69, 9.17) is 11.6 Å². The van der Waals surface area contributed by atoms with Crippen LogP contribution >= 0.6 is 11.6 Å². The van der Waals surface area contributed by atoms with E-state index in [-0.39, 0.29) is 23.8 Å². The lowest BCUT2D eigenvalue weighted by Gasteiger charge is -2.10. The fourth-order valence-electron chi connectivity index (χ4n) is 2.29. The summed E-state index contributed by atoms with van der Waals surface area (Å²) in [5.41, 5.74) is 0.994. The van der Waals surface area contributed by atoms with Crippen LogP contribution < -0.4 is 14.8 Å². The normalized spacial score (nSPS) is 11.9. The molecule has 0 heterocycles. The number of ether oxygens (including phenoxy) is 1. The van der Waals surface area contributed by atoms with Crippen LogP contribution in [0.15, 0.2) is 53.4 Å². The van der Waals surface area contributed by atoms with Crippen molar-refractivity contribution in [2.45, 2.75) is 24.1 Å². The van der Waals surface area contributed by atoms with Gasteiger partial charge in [0.25, 0.3) is 0 Å². The Kier molecular flexibility index (Phi) is 7.88. The second kappa shape index (κ2) is 9.95. The second-order valence-electron chi connectivity index (χ2n) is 5.89. The molecule has 0 radical (unpaired) electrons. The predicted molar refractivity (Wildman–Crippen MR) is 101 cm³/mol. The molecular formula is C18H18ClF3N2O4S. The highest BCUT2D eigenvalue weighted by molar-refractivity contribution is 7.89. The van der Waals surface area contributed by atoms with Gasteiger partial charge in [-0.05, 0) is 48.4 Å². The summed E-state index contributed by atoms with van der Waals surface area (Å²) in [6, 6.07) is 10.9. The first-order valence-corrected chi connectivity index (χ1v) is 10.3. The molecule has 0 bridgehead atoms. The van der Waals surface area contributed by atoms with Crippen molar-refractivity contribution in [2.75, 3.05) is 13.1 Å². The Hall–Kier alpha value is -2.30. The van der Waals surface area contributed by atoms with Gasteiger partial charge in [0.15, 0.2) is 0 Å². The quantitative estimate of drug-likeness (QED) is 0.614. The van der Waals surface area contributed by atoms with Crippen LogP contribution in [0.2, 0.25) is 5.02 Å². The molecule has 0 atom stereocenters. The highest BCUT2D eigenvalue weighted by atomic mass is 35.5. The number of sulfonamides is 1. The van der Waals surface area contributed by atoms with Gasteiger partial charge in [-0.1, -0.05) is 23.7 Å². The first-order chi connectivity index (χ1) is 13.5. The molecule has 2 rings (SSSR count).